The molecule has 3 aromatic rings. The number of carbonyl (C=O) groups is 1. The lowest BCUT2D eigenvalue weighted by molar-refractivity contribution is 0.0722. The Morgan fingerprint density at radius 3 is 2.41 bits per heavy atom. The second-order valence-corrected chi connectivity index (χ2v) is 9.24. The smallest absolute Gasteiger partial charge is 0.290 e. The van der Waals surface area contributed by atoms with Crippen molar-refractivity contribution in [2.45, 2.75) is 45.6 Å². The molecule has 1 amide bonds. The molecule has 5 nitrogen and oxygen atoms in total. The Morgan fingerprint density at radius 1 is 1.06 bits per heavy atom. The van der Waals surface area contributed by atoms with Gasteiger partial charge in [0, 0.05) is 6.54 Å². The number of fused-ring (bicyclic) bond motifs is 2. The Bertz CT molecular complexity index is 1190. The van der Waals surface area contributed by atoms with Crippen molar-refractivity contribution in [1.29, 1.82) is 0 Å². The Morgan fingerprint density at radius 2 is 1.78 bits per heavy atom. The van der Waals surface area contributed by atoms with Crippen molar-refractivity contribution in [3.05, 3.63) is 80.7 Å². The molecule has 0 aliphatic carbocycles. The third-order valence-corrected chi connectivity index (χ3v) is 6.36. The zero-order valence-corrected chi connectivity index (χ0v) is 19.6. The number of hydrogen-bond acceptors (Lipinski definition) is 4. The van der Waals surface area contributed by atoms with Crippen molar-refractivity contribution in [2.75, 3.05) is 27.2 Å². The van der Waals surface area contributed by atoms with Crippen LogP contribution in [0.1, 0.15) is 72.0 Å². The van der Waals surface area contributed by atoms with Gasteiger partial charge in [0.25, 0.3) is 5.91 Å². The first-order chi connectivity index (χ1) is 15.3. The fourth-order valence-corrected chi connectivity index (χ4v) is 4.49. The molecular weight excluding hydrogens is 400 g/mol. The van der Waals surface area contributed by atoms with Crippen LogP contribution in [0.5, 0.6) is 0 Å². The van der Waals surface area contributed by atoms with Crippen LogP contribution in [-0.4, -0.2) is 42.9 Å². The fraction of sp³-hybridized carbons (Fsp3) is 0.407. The maximum atomic E-state index is 13.7. The summed E-state index contributed by atoms with van der Waals surface area (Å²) in [4.78, 5) is 31.0. The van der Waals surface area contributed by atoms with E-state index in [0.717, 1.165) is 30.5 Å². The van der Waals surface area contributed by atoms with Crippen molar-refractivity contribution in [1.82, 2.24) is 9.80 Å². The van der Waals surface area contributed by atoms with Crippen LogP contribution < -0.4 is 5.43 Å². The normalized spacial score (nSPS) is 15.9. The lowest BCUT2D eigenvalue weighted by Crippen LogP contribution is -2.32. The van der Waals surface area contributed by atoms with E-state index in [1.807, 2.05) is 49.3 Å². The van der Waals surface area contributed by atoms with Crippen LogP contribution in [-0.2, 0) is 6.42 Å². The van der Waals surface area contributed by atoms with E-state index in [0.29, 0.717) is 29.0 Å². The maximum Gasteiger partial charge on any atom is 0.290 e. The maximum absolute atomic E-state index is 13.7. The van der Waals surface area contributed by atoms with Gasteiger partial charge in [0.05, 0.1) is 17.0 Å². The average molecular weight is 433 g/mol. The molecule has 1 aliphatic heterocycles. The van der Waals surface area contributed by atoms with Crippen molar-refractivity contribution >= 4 is 16.9 Å². The highest BCUT2D eigenvalue weighted by Gasteiger charge is 2.42. The quantitative estimate of drug-likeness (QED) is 0.529. The van der Waals surface area contributed by atoms with Crippen LogP contribution in [0.25, 0.3) is 11.0 Å². The Balaban J connectivity index is 1.86. The summed E-state index contributed by atoms with van der Waals surface area (Å²) in [7, 11) is 4.04. The van der Waals surface area contributed by atoms with Gasteiger partial charge < -0.3 is 14.2 Å². The fourth-order valence-electron chi connectivity index (χ4n) is 4.49. The van der Waals surface area contributed by atoms with Gasteiger partial charge in [-0.25, -0.2) is 0 Å². The molecule has 0 bridgehead atoms. The van der Waals surface area contributed by atoms with Crippen LogP contribution in [0.2, 0.25) is 0 Å². The summed E-state index contributed by atoms with van der Waals surface area (Å²) in [5.41, 5.74) is 4.11. The van der Waals surface area contributed by atoms with Crippen molar-refractivity contribution < 1.29 is 9.21 Å². The molecule has 4 rings (SSSR count). The second kappa shape index (κ2) is 8.91. The molecule has 0 N–H and O–H groups in total. The number of benzene rings is 2. The standard InChI is InChI=1S/C27H32N2O3/c1-6-18-8-13-22-21(16-18)25(30)23-24(20-11-9-19(10-12-20)17(2)3)29(15-7-14-28(4)5)27(31)26(23)32-22/h8-13,16-17,24H,6-7,14-15H2,1-5H3. The predicted molar refractivity (Wildman–Crippen MR) is 128 cm³/mol. The minimum atomic E-state index is -0.424. The van der Waals surface area contributed by atoms with Crippen molar-refractivity contribution in [3.8, 4) is 0 Å². The van der Waals surface area contributed by atoms with Gasteiger partial charge in [-0.1, -0.05) is 51.1 Å². The molecule has 0 spiro atoms. The van der Waals surface area contributed by atoms with E-state index >= 15 is 0 Å². The largest absolute Gasteiger partial charge is 0.450 e. The Kier molecular flexibility index (Phi) is 6.20. The summed E-state index contributed by atoms with van der Waals surface area (Å²) in [5, 5.41) is 0.551. The van der Waals surface area contributed by atoms with Crippen molar-refractivity contribution in [2.24, 2.45) is 0 Å². The highest BCUT2D eigenvalue weighted by Crippen LogP contribution is 2.38. The third-order valence-electron chi connectivity index (χ3n) is 6.36. The average Bonchev–Trinajstić information content (AvgIpc) is 3.05. The van der Waals surface area contributed by atoms with E-state index in [4.69, 9.17) is 4.42 Å². The molecule has 0 radical (unpaired) electrons. The predicted octanol–water partition coefficient (Wildman–Crippen LogP) is 4.98. The van der Waals surface area contributed by atoms with E-state index in [-0.39, 0.29) is 17.1 Å². The monoisotopic (exact) mass is 432 g/mol. The van der Waals surface area contributed by atoms with Crippen molar-refractivity contribution in [3.63, 3.8) is 0 Å². The zero-order chi connectivity index (χ0) is 23.0. The molecule has 1 aliphatic rings. The molecule has 0 saturated heterocycles. The first-order valence-corrected chi connectivity index (χ1v) is 11.5. The van der Waals surface area contributed by atoms with Gasteiger partial charge in [-0.3, -0.25) is 9.59 Å². The number of nitrogens with zero attached hydrogens (tertiary/aromatic N) is 2. The molecular formula is C27H32N2O3. The SMILES string of the molecule is CCc1ccc2oc3c(c(=O)c2c1)C(c1ccc(C(C)C)cc1)N(CCCN(C)C)C3=O. The van der Waals surface area contributed by atoms with E-state index in [1.165, 1.54) is 5.56 Å². The number of hydrogen-bond donors (Lipinski definition) is 0. The van der Waals surface area contributed by atoms with Crippen LogP contribution in [0.15, 0.2) is 51.7 Å². The van der Waals surface area contributed by atoms with E-state index in [1.54, 1.807) is 0 Å². The van der Waals surface area contributed by atoms with Crippen LogP contribution in [0, 0.1) is 0 Å². The van der Waals surface area contributed by atoms with Gasteiger partial charge >= 0.3 is 0 Å². The molecule has 0 saturated carbocycles. The summed E-state index contributed by atoms with van der Waals surface area (Å²) in [6, 6.07) is 13.5. The first-order valence-electron chi connectivity index (χ1n) is 11.5. The molecule has 1 unspecified atom stereocenters. The minimum Gasteiger partial charge on any atom is -0.450 e. The zero-order valence-electron chi connectivity index (χ0n) is 19.6. The second-order valence-electron chi connectivity index (χ2n) is 9.24. The van der Waals surface area contributed by atoms with Gasteiger partial charge in [0.15, 0.2) is 5.43 Å². The number of aryl methyl sites for hydroxylation is 1. The number of amides is 1. The lowest BCUT2D eigenvalue weighted by Gasteiger charge is -2.26. The molecule has 2 heterocycles. The number of rotatable bonds is 7. The summed E-state index contributed by atoms with van der Waals surface area (Å²) in [6.45, 7) is 7.80. The van der Waals surface area contributed by atoms with E-state index in [2.05, 4.69) is 37.8 Å². The molecule has 2 aromatic carbocycles. The number of carbonyl (C=O) groups excluding carboxylic acids is 1. The summed E-state index contributed by atoms with van der Waals surface area (Å²) < 4.78 is 6.07. The van der Waals surface area contributed by atoms with Gasteiger partial charge in [0.1, 0.15) is 5.58 Å². The Labute approximate surface area is 189 Å². The van der Waals surface area contributed by atoms with Crippen LogP contribution >= 0.6 is 0 Å². The first kappa shape index (κ1) is 22.3. The van der Waals surface area contributed by atoms with E-state index in [9.17, 15) is 9.59 Å². The topological polar surface area (TPSA) is 53.8 Å². The summed E-state index contributed by atoms with van der Waals surface area (Å²) in [6.07, 6.45) is 1.66. The van der Waals surface area contributed by atoms with Crippen LogP contribution in [0.4, 0.5) is 0 Å². The molecule has 1 atom stereocenters. The highest BCUT2D eigenvalue weighted by atomic mass is 16.3. The molecule has 5 heteroatoms. The van der Waals surface area contributed by atoms with E-state index < -0.39 is 6.04 Å². The molecule has 32 heavy (non-hydrogen) atoms. The third kappa shape index (κ3) is 3.97. The molecule has 168 valence electrons. The van der Waals surface area contributed by atoms with Gasteiger partial charge in [-0.05, 0) is 68.2 Å². The highest BCUT2D eigenvalue weighted by molar-refractivity contribution is 5.99. The molecule has 1 aromatic heterocycles. The van der Waals surface area contributed by atoms with Gasteiger partial charge in [-0.15, -0.1) is 0 Å². The van der Waals surface area contributed by atoms with Gasteiger partial charge in [-0.2, -0.15) is 0 Å². The van der Waals surface area contributed by atoms with Gasteiger partial charge in [0.2, 0.25) is 5.76 Å². The lowest BCUT2D eigenvalue weighted by atomic mass is 9.95. The minimum absolute atomic E-state index is 0.0991. The Hall–Kier alpha value is -2.92. The van der Waals surface area contributed by atoms with Crippen LogP contribution in [0.3, 0.4) is 0 Å². The molecule has 0 fully saturated rings. The summed E-state index contributed by atoms with van der Waals surface area (Å²) in [5.74, 6) is 0.406. The summed E-state index contributed by atoms with van der Waals surface area (Å²) >= 11 is 0.